The highest BCUT2D eigenvalue weighted by atomic mass is 16.5. The fourth-order valence-corrected chi connectivity index (χ4v) is 3.54. The Bertz CT molecular complexity index is 1200. The lowest BCUT2D eigenvalue weighted by Gasteiger charge is -2.12. The van der Waals surface area contributed by atoms with Gasteiger partial charge in [-0.1, -0.05) is 97.1 Å². The average molecular weight is 392 g/mol. The number of rotatable bonds is 5. The van der Waals surface area contributed by atoms with Crippen molar-refractivity contribution in [1.29, 1.82) is 0 Å². The Kier molecular flexibility index (Phi) is 5.53. The van der Waals surface area contributed by atoms with Gasteiger partial charge in [-0.25, -0.2) is 4.79 Å². The van der Waals surface area contributed by atoms with Gasteiger partial charge in [-0.2, -0.15) is 0 Å². The Labute approximate surface area is 175 Å². The first-order valence-corrected chi connectivity index (χ1v) is 9.66. The molecule has 146 valence electrons. The van der Waals surface area contributed by atoms with Crippen molar-refractivity contribution >= 4 is 11.8 Å². The molecule has 30 heavy (non-hydrogen) atoms. The van der Waals surface area contributed by atoms with E-state index in [2.05, 4.69) is 0 Å². The minimum Gasteiger partial charge on any atom is -0.465 e. The number of ketones is 1. The first-order valence-electron chi connectivity index (χ1n) is 9.66. The van der Waals surface area contributed by atoms with Crippen LogP contribution in [0.4, 0.5) is 0 Å². The van der Waals surface area contributed by atoms with Gasteiger partial charge in [-0.15, -0.1) is 0 Å². The van der Waals surface area contributed by atoms with Crippen molar-refractivity contribution < 1.29 is 14.3 Å². The molecule has 4 aromatic rings. The van der Waals surface area contributed by atoms with E-state index < -0.39 is 5.97 Å². The zero-order valence-corrected chi connectivity index (χ0v) is 16.5. The van der Waals surface area contributed by atoms with Crippen LogP contribution in [0.1, 0.15) is 26.3 Å². The van der Waals surface area contributed by atoms with Crippen LogP contribution in [0.3, 0.4) is 0 Å². The van der Waals surface area contributed by atoms with Crippen LogP contribution in [0.2, 0.25) is 0 Å². The van der Waals surface area contributed by atoms with Crippen LogP contribution >= 0.6 is 0 Å². The molecule has 0 unspecified atom stereocenters. The molecule has 0 fully saturated rings. The van der Waals surface area contributed by atoms with Gasteiger partial charge >= 0.3 is 5.97 Å². The Balaban J connectivity index is 1.81. The molecule has 0 atom stereocenters. The van der Waals surface area contributed by atoms with Gasteiger partial charge in [0.2, 0.25) is 0 Å². The van der Waals surface area contributed by atoms with Crippen LogP contribution in [-0.2, 0) is 4.74 Å². The van der Waals surface area contributed by atoms with Crippen molar-refractivity contribution in [2.24, 2.45) is 0 Å². The maximum absolute atomic E-state index is 13.4. The van der Waals surface area contributed by atoms with E-state index >= 15 is 0 Å². The molecular weight excluding hydrogens is 372 g/mol. The van der Waals surface area contributed by atoms with Gasteiger partial charge in [-0.3, -0.25) is 4.79 Å². The van der Waals surface area contributed by atoms with Gasteiger partial charge in [0.1, 0.15) is 0 Å². The molecule has 0 aliphatic heterocycles. The highest BCUT2D eigenvalue weighted by molar-refractivity contribution is 6.14. The van der Waals surface area contributed by atoms with Gasteiger partial charge in [0, 0.05) is 11.1 Å². The first-order chi connectivity index (χ1) is 14.7. The average Bonchev–Trinajstić information content (AvgIpc) is 2.84. The standard InChI is InChI=1S/C27H20O3/c1-30-27(29)25-18-21(16-17-23(25)20-12-6-3-7-13-20)26(28)24-15-9-8-14-22(24)19-10-4-2-5-11-19/h2-18H,1H3. The number of benzene rings is 4. The molecule has 0 N–H and O–H groups in total. The van der Waals surface area contributed by atoms with Crippen LogP contribution in [0.15, 0.2) is 103 Å². The van der Waals surface area contributed by atoms with Crippen molar-refractivity contribution in [3.8, 4) is 22.3 Å². The molecule has 0 amide bonds. The van der Waals surface area contributed by atoms with Crippen molar-refractivity contribution in [2.45, 2.75) is 0 Å². The second-order valence-corrected chi connectivity index (χ2v) is 6.86. The third-order valence-corrected chi connectivity index (χ3v) is 5.03. The van der Waals surface area contributed by atoms with Crippen LogP contribution in [-0.4, -0.2) is 18.9 Å². The molecule has 0 aliphatic carbocycles. The lowest BCUT2D eigenvalue weighted by molar-refractivity contribution is 0.0601. The van der Waals surface area contributed by atoms with E-state index in [1.807, 2.05) is 84.9 Å². The van der Waals surface area contributed by atoms with E-state index in [0.717, 1.165) is 22.3 Å². The number of hydrogen-bond donors (Lipinski definition) is 0. The monoisotopic (exact) mass is 392 g/mol. The smallest absolute Gasteiger partial charge is 0.338 e. The van der Waals surface area contributed by atoms with E-state index in [0.29, 0.717) is 16.7 Å². The second kappa shape index (κ2) is 8.58. The van der Waals surface area contributed by atoms with Gasteiger partial charge in [0.15, 0.2) is 5.78 Å². The summed E-state index contributed by atoms with van der Waals surface area (Å²) in [5.74, 6) is -0.612. The largest absolute Gasteiger partial charge is 0.465 e. The molecule has 3 heteroatoms. The summed E-state index contributed by atoms with van der Waals surface area (Å²) >= 11 is 0. The third kappa shape index (κ3) is 3.78. The van der Waals surface area contributed by atoms with Crippen LogP contribution < -0.4 is 0 Å². The Morgan fingerprint density at radius 1 is 0.600 bits per heavy atom. The number of methoxy groups -OCH3 is 1. The summed E-state index contributed by atoms with van der Waals surface area (Å²) in [6.07, 6.45) is 0. The summed E-state index contributed by atoms with van der Waals surface area (Å²) in [5.41, 5.74) is 4.85. The molecule has 0 saturated heterocycles. The lowest BCUT2D eigenvalue weighted by Crippen LogP contribution is -2.08. The number of hydrogen-bond acceptors (Lipinski definition) is 3. The molecule has 0 bridgehead atoms. The Hall–Kier alpha value is -3.98. The van der Waals surface area contributed by atoms with Crippen LogP contribution in [0, 0.1) is 0 Å². The molecule has 4 aromatic carbocycles. The van der Waals surface area contributed by atoms with E-state index in [9.17, 15) is 9.59 Å². The van der Waals surface area contributed by atoms with Crippen LogP contribution in [0.25, 0.3) is 22.3 Å². The molecule has 0 spiro atoms. The van der Waals surface area contributed by atoms with E-state index in [4.69, 9.17) is 4.74 Å². The molecular formula is C27H20O3. The van der Waals surface area contributed by atoms with Gasteiger partial charge in [0.05, 0.1) is 12.7 Å². The van der Waals surface area contributed by atoms with E-state index in [1.54, 1.807) is 18.2 Å². The van der Waals surface area contributed by atoms with E-state index in [-0.39, 0.29) is 5.78 Å². The van der Waals surface area contributed by atoms with Crippen molar-refractivity contribution in [2.75, 3.05) is 7.11 Å². The first kappa shape index (κ1) is 19.3. The molecule has 4 rings (SSSR count). The number of carbonyl (C=O) groups is 2. The van der Waals surface area contributed by atoms with Gasteiger partial charge in [0.25, 0.3) is 0 Å². The molecule has 0 aromatic heterocycles. The molecule has 3 nitrogen and oxygen atoms in total. The summed E-state index contributed by atoms with van der Waals surface area (Å²) in [6, 6.07) is 32.1. The molecule has 0 aliphatic rings. The Morgan fingerprint density at radius 3 is 1.73 bits per heavy atom. The number of carbonyl (C=O) groups excluding carboxylic acids is 2. The summed E-state index contributed by atoms with van der Waals surface area (Å²) in [4.78, 5) is 25.9. The maximum Gasteiger partial charge on any atom is 0.338 e. The minimum atomic E-state index is -0.472. The SMILES string of the molecule is COC(=O)c1cc(C(=O)c2ccccc2-c2ccccc2)ccc1-c1ccccc1. The fraction of sp³-hybridized carbons (Fsp3) is 0.0370. The zero-order chi connectivity index (χ0) is 20.9. The predicted octanol–water partition coefficient (Wildman–Crippen LogP) is 6.04. The molecule has 0 heterocycles. The van der Waals surface area contributed by atoms with Crippen molar-refractivity contribution in [3.63, 3.8) is 0 Å². The van der Waals surface area contributed by atoms with Gasteiger partial charge in [-0.05, 0) is 28.3 Å². The van der Waals surface area contributed by atoms with Gasteiger partial charge < -0.3 is 4.74 Å². The second-order valence-electron chi connectivity index (χ2n) is 6.86. The quantitative estimate of drug-likeness (QED) is 0.307. The minimum absolute atomic E-state index is 0.140. The topological polar surface area (TPSA) is 43.4 Å². The molecule has 0 saturated carbocycles. The Morgan fingerprint density at radius 2 is 1.13 bits per heavy atom. The van der Waals surface area contributed by atoms with Crippen molar-refractivity contribution in [3.05, 3.63) is 120 Å². The highest BCUT2D eigenvalue weighted by Gasteiger charge is 2.19. The predicted molar refractivity (Wildman–Crippen MR) is 119 cm³/mol. The number of ether oxygens (including phenoxy) is 1. The summed E-state index contributed by atoms with van der Waals surface area (Å²) in [7, 11) is 1.34. The number of esters is 1. The fourth-order valence-electron chi connectivity index (χ4n) is 3.54. The van der Waals surface area contributed by atoms with E-state index in [1.165, 1.54) is 7.11 Å². The summed E-state index contributed by atoms with van der Waals surface area (Å²) < 4.78 is 4.98. The normalized spacial score (nSPS) is 10.4. The molecule has 0 radical (unpaired) electrons. The van der Waals surface area contributed by atoms with Crippen molar-refractivity contribution in [1.82, 2.24) is 0 Å². The zero-order valence-electron chi connectivity index (χ0n) is 16.5. The lowest BCUT2D eigenvalue weighted by atomic mass is 9.91. The van der Waals surface area contributed by atoms with Crippen LogP contribution in [0.5, 0.6) is 0 Å². The summed E-state index contributed by atoms with van der Waals surface area (Å²) in [6.45, 7) is 0. The highest BCUT2D eigenvalue weighted by Crippen LogP contribution is 2.29. The maximum atomic E-state index is 13.4. The summed E-state index contributed by atoms with van der Waals surface area (Å²) in [5, 5.41) is 0. The third-order valence-electron chi connectivity index (χ3n) is 5.03.